The van der Waals surface area contributed by atoms with Crippen LogP contribution in [0.1, 0.15) is 0 Å². The second-order valence-electron chi connectivity index (χ2n) is 5.35. The number of halogens is 2. The van der Waals surface area contributed by atoms with Crippen LogP contribution in [0.5, 0.6) is 5.75 Å². The number of amides is 1. The molecule has 0 saturated heterocycles. The highest BCUT2D eigenvalue weighted by Crippen LogP contribution is 2.17. The van der Waals surface area contributed by atoms with Gasteiger partial charge in [0.1, 0.15) is 17.4 Å². The first kappa shape index (κ1) is 17.7. The summed E-state index contributed by atoms with van der Waals surface area (Å²) in [6, 6.07) is 16.1. The van der Waals surface area contributed by atoms with Gasteiger partial charge in [0.15, 0.2) is 6.61 Å². The summed E-state index contributed by atoms with van der Waals surface area (Å²) in [5.41, 5.74) is 1.26. The van der Waals surface area contributed by atoms with Gasteiger partial charge in [-0.05, 0) is 60.7 Å². The predicted molar refractivity (Wildman–Crippen MR) is 99.5 cm³/mol. The Morgan fingerprint density at radius 2 is 1.69 bits per heavy atom. The Bertz CT molecular complexity index is 869. The molecule has 0 atom stereocenters. The van der Waals surface area contributed by atoms with Gasteiger partial charge in [-0.15, -0.1) is 0 Å². The Morgan fingerprint density at radius 1 is 1.00 bits per heavy atom. The number of hydrogen-bond donors (Lipinski definition) is 2. The molecular formula is C19H15ClFN3O2. The predicted octanol–water partition coefficient (Wildman–Crippen LogP) is 4.64. The zero-order valence-electron chi connectivity index (χ0n) is 13.6. The molecule has 0 saturated carbocycles. The maximum absolute atomic E-state index is 12.9. The monoisotopic (exact) mass is 371 g/mol. The average Bonchev–Trinajstić information content (AvgIpc) is 2.65. The molecule has 0 aliphatic carbocycles. The van der Waals surface area contributed by atoms with Crippen LogP contribution in [0.2, 0.25) is 5.02 Å². The van der Waals surface area contributed by atoms with E-state index in [9.17, 15) is 9.18 Å². The third-order valence-corrected chi connectivity index (χ3v) is 3.60. The lowest BCUT2D eigenvalue weighted by atomic mass is 10.3. The molecule has 1 aromatic heterocycles. The average molecular weight is 372 g/mol. The minimum atomic E-state index is -0.305. The largest absolute Gasteiger partial charge is 0.484 e. The van der Waals surface area contributed by atoms with Crippen LogP contribution in [0.25, 0.3) is 0 Å². The smallest absolute Gasteiger partial charge is 0.262 e. The standard InChI is InChI=1S/C19H15ClFN3O2/c20-13-1-8-17(9-2-13)26-12-19(25)24-16-7-10-18(22-11-16)23-15-5-3-14(21)4-6-15/h1-11H,12H2,(H,22,23)(H,24,25). The Kier molecular flexibility index (Phi) is 5.66. The molecule has 26 heavy (non-hydrogen) atoms. The van der Waals surface area contributed by atoms with Crippen LogP contribution in [0.4, 0.5) is 21.6 Å². The molecule has 0 fully saturated rings. The van der Waals surface area contributed by atoms with E-state index in [1.165, 1.54) is 18.3 Å². The summed E-state index contributed by atoms with van der Waals surface area (Å²) in [6.45, 7) is -0.128. The lowest BCUT2D eigenvalue weighted by Crippen LogP contribution is -2.20. The van der Waals surface area contributed by atoms with Crippen LogP contribution < -0.4 is 15.4 Å². The first-order valence-electron chi connectivity index (χ1n) is 7.75. The number of anilines is 3. The Balaban J connectivity index is 1.50. The van der Waals surface area contributed by atoms with Crippen molar-refractivity contribution >= 4 is 34.7 Å². The van der Waals surface area contributed by atoms with E-state index in [1.807, 2.05) is 0 Å². The molecule has 7 heteroatoms. The second-order valence-corrected chi connectivity index (χ2v) is 5.79. The van der Waals surface area contributed by atoms with Crippen LogP contribution in [0, 0.1) is 5.82 Å². The molecule has 1 heterocycles. The van der Waals surface area contributed by atoms with Crippen LogP contribution in [0.15, 0.2) is 66.9 Å². The Morgan fingerprint density at radius 3 is 2.35 bits per heavy atom. The van der Waals surface area contributed by atoms with Crippen LogP contribution in [-0.2, 0) is 4.79 Å². The maximum atomic E-state index is 12.9. The molecule has 0 bridgehead atoms. The van der Waals surface area contributed by atoms with Crippen molar-refractivity contribution in [1.29, 1.82) is 0 Å². The highest BCUT2D eigenvalue weighted by Gasteiger charge is 2.05. The van der Waals surface area contributed by atoms with Crippen molar-refractivity contribution in [1.82, 2.24) is 4.98 Å². The molecular weight excluding hydrogens is 357 g/mol. The number of carbonyl (C=O) groups excluding carboxylic acids is 1. The van der Waals surface area contributed by atoms with Crippen molar-refractivity contribution in [3.63, 3.8) is 0 Å². The number of aromatic nitrogens is 1. The highest BCUT2D eigenvalue weighted by molar-refractivity contribution is 6.30. The van der Waals surface area contributed by atoms with Crippen molar-refractivity contribution in [2.75, 3.05) is 17.2 Å². The quantitative estimate of drug-likeness (QED) is 0.662. The lowest BCUT2D eigenvalue weighted by molar-refractivity contribution is -0.118. The molecule has 132 valence electrons. The SMILES string of the molecule is O=C(COc1ccc(Cl)cc1)Nc1ccc(Nc2ccc(F)cc2)nc1. The number of nitrogens with zero attached hydrogens (tertiary/aromatic N) is 1. The van der Waals surface area contributed by atoms with E-state index in [0.29, 0.717) is 28.0 Å². The van der Waals surface area contributed by atoms with E-state index in [-0.39, 0.29) is 18.3 Å². The summed E-state index contributed by atoms with van der Waals surface area (Å²) in [5, 5.41) is 6.33. The normalized spacial score (nSPS) is 10.2. The molecule has 1 amide bonds. The second kappa shape index (κ2) is 8.31. The van der Waals surface area contributed by atoms with E-state index in [1.54, 1.807) is 48.5 Å². The highest BCUT2D eigenvalue weighted by atomic mass is 35.5. The topological polar surface area (TPSA) is 63.2 Å². The summed E-state index contributed by atoms with van der Waals surface area (Å²) in [7, 11) is 0. The van der Waals surface area contributed by atoms with Crippen LogP contribution >= 0.6 is 11.6 Å². The van der Waals surface area contributed by atoms with Crippen molar-refractivity contribution < 1.29 is 13.9 Å². The third kappa shape index (κ3) is 5.19. The van der Waals surface area contributed by atoms with Crippen molar-refractivity contribution in [3.8, 4) is 5.75 Å². The zero-order valence-corrected chi connectivity index (χ0v) is 14.3. The molecule has 2 aromatic carbocycles. The number of rotatable bonds is 6. The van der Waals surface area contributed by atoms with Gasteiger partial charge in [-0.2, -0.15) is 0 Å². The number of hydrogen-bond acceptors (Lipinski definition) is 4. The fourth-order valence-electron chi connectivity index (χ4n) is 2.10. The van der Waals surface area contributed by atoms with E-state index in [4.69, 9.17) is 16.3 Å². The van der Waals surface area contributed by atoms with Gasteiger partial charge >= 0.3 is 0 Å². The first-order valence-corrected chi connectivity index (χ1v) is 8.13. The maximum Gasteiger partial charge on any atom is 0.262 e. The van der Waals surface area contributed by atoms with Crippen molar-refractivity contribution in [2.45, 2.75) is 0 Å². The first-order chi connectivity index (χ1) is 12.6. The minimum absolute atomic E-state index is 0.128. The van der Waals surface area contributed by atoms with E-state index >= 15 is 0 Å². The van der Waals surface area contributed by atoms with Crippen LogP contribution in [0.3, 0.4) is 0 Å². The molecule has 2 N–H and O–H groups in total. The minimum Gasteiger partial charge on any atom is -0.484 e. The number of pyridine rings is 1. The summed E-state index contributed by atoms with van der Waals surface area (Å²) < 4.78 is 18.3. The van der Waals surface area contributed by atoms with Crippen molar-refractivity contribution in [2.24, 2.45) is 0 Å². The zero-order chi connectivity index (χ0) is 18.4. The van der Waals surface area contributed by atoms with Gasteiger partial charge in [0.25, 0.3) is 5.91 Å². The number of carbonyl (C=O) groups is 1. The fourth-order valence-corrected chi connectivity index (χ4v) is 2.23. The number of ether oxygens (including phenoxy) is 1. The van der Waals surface area contributed by atoms with Gasteiger partial charge in [0.05, 0.1) is 11.9 Å². The molecule has 3 rings (SSSR count). The van der Waals surface area contributed by atoms with Gasteiger partial charge in [-0.25, -0.2) is 9.37 Å². The Labute approximate surface area is 154 Å². The Hall–Kier alpha value is -3.12. The molecule has 0 aliphatic heterocycles. The molecule has 0 aliphatic rings. The molecule has 0 radical (unpaired) electrons. The molecule has 0 spiro atoms. The van der Waals surface area contributed by atoms with Crippen molar-refractivity contribution in [3.05, 3.63) is 77.7 Å². The summed E-state index contributed by atoms with van der Waals surface area (Å²) in [6.07, 6.45) is 1.52. The summed E-state index contributed by atoms with van der Waals surface area (Å²) in [4.78, 5) is 16.1. The van der Waals surface area contributed by atoms with Crippen LogP contribution in [-0.4, -0.2) is 17.5 Å². The number of benzene rings is 2. The molecule has 3 aromatic rings. The third-order valence-electron chi connectivity index (χ3n) is 3.35. The molecule has 0 unspecified atom stereocenters. The van der Waals surface area contributed by atoms with E-state index in [2.05, 4.69) is 15.6 Å². The number of nitrogens with one attached hydrogen (secondary N) is 2. The van der Waals surface area contributed by atoms with Gasteiger partial charge in [-0.3, -0.25) is 4.79 Å². The summed E-state index contributed by atoms with van der Waals surface area (Å²) >= 11 is 5.79. The van der Waals surface area contributed by atoms with Gasteiger partial charge < -0.3 is 15.4 Å². The lowest BCUT2D eigenvalue weighted by Gasteiger charge is -2.09. The van der Waals surface area contributed by atoms with Gasteiger partial charge in [0.2, 0.25) is 0 Å². The fraction of sp³-hybridized carbons (Fsp3) is 0.0526. The van der Waals surface area contributed by atoms with Gasteiger partial charge in [-0.1, -0.05) is 11.6 Å². The van der Waals surface area contributed by atoms with E-state index < -0.39 is 0 Å². The summed E-state index contributed by atoms with van der Waals surface area (Å²) in [5.74, 6) is 0.525. The van der Waals surface area contributed by atoms with Gasteiger partial charge in [0, 0.05) is 10.7 Å². The van der Waals surface area contributed by atoms with E-state index in [0.717, 1.165) is 0 Å². The molecule has 5 nitrogen and oxygen atoms in total.